The van der Waals surface area contributed by atoms with Gasteiger partial charge in [-0.05, 0) is 39.9 Å². The summed E-state index contributed by atoms with van der Waals surface area (Å²) in [5.41, 5.74) is 5.29. The van der Waals surface area contributed by atoms with Crippen molar-refractivity contribution in [3.63, 3.8) is 0 Å². The van der Waals surface area contributed by atoms with Gasteiger partial charge in [0.2, 0.25) is 0 Å². The Bertz CT molecular complexity index is 1880. The van der Waals surface area contributed by atoms with Gasteiger partial charge in [-0.2, -0.15) is 0 Å². The van der Waals surface area contributed by atoms with Crippen LogP contribution >= 0.6 is 0 Å². The molecule has 0 saturated heterocycles. The summed E-state index contributed by atoms with van der Waals surface area (Å²) in [6.45, 7) is 1.29. The van der Waals surface area contributed by atoms with E-state index in [0.29, 0.717) is 5.56 Å². The van der Waals surface area contributed by atoms with Gasteiger partial charge in [-0.3, -0.25) is 0 Å². The minimum atomic E-state index is -0.960. The van der Waals surface area contributed by atoms with E-state index in [1.165, 1.54) is 0 Å². The van der Waals surface area contributed by atoms with Crippen LogP contribution < -0.4 is 0 Å². The first-order valence-electron chi connectivity index (χ1n) is 18.7. The maximum atomic E-state index is 14.1. The lowest BCUT2D eigenvalue weighted by Gasteiger charge is -2.49. The molecule has 1 saturated carbocycles. The van der Waals surface area contributed by atoms with E-state index in [2.05, 4.69) is 0 Å². The zero-order chi connectivity index (χ0) is 37.5. The number of carbonyl (C=O) groups excluding carboxylic acids is 1. The number of esters is 1. The smallest absolute Gasteiger partial charge is 0.338 e. The maximum Gasteiger partial charge on any atom is 0.338 e. The summed E-state index contributed by atoms with van der Waals surface area (Å²) in [7, 11) is 0. The fraction of sp³-hybridized carbons (Fsp3) is 0.229. The molecule has 0 bridgehead atoms. The van der Waals surface area contributed by atoms with Crippen LogP contribution in [0, 0.1) is 0 Å². The van der Waals surface area contributed by atoms with Gasteiger partial charge in [-0.25, -0.2) is 4.79 Å². The van der Waals surface area contributed by atoms with Gasteiger partial charge in [0.05, 0.1) is 38.6 Å². The van der Waals surface area contributed by atoms with Gasteiger partial charge in [0.15, 0.2) is 6.10 Å². The van der Waals surface area contributed by atoms with Crippen molar-refractivity contribution in [3.8, 4) is 0 Å². The molecular weight excluding hydrogens is 689 g/mol. The number of hydrogen-bond donors (Lipinski definition) is 0. The third-order valence-electron chi connectivity index (χ3n) is 9.62. The molecule has 0 heterocycles. The molecule has 1 aliphatic rings. The lowest BCUT2D eigenvalue weighted by Crippen LogP contribution is -2.67. The predicted octanol–water partition coefficient (Wildman–Crippen LogP) is 9.15. The molecule has 1 aliphatic carbocycles. The molecule has 0 radical (unpaired) electrons. The molecule has 0 aliphatic heterocycles. The number of rotatable bonds is 17. The van der Waals surface area contributed by atoms with Crippen LogP contribution in [0.15, 0.2) is 182 Å². The van der Waals surface area contributed by atoms with Crippen molar-refractivity contribution in [2.24, 2.45) is 0 Å². The van der Waals surface area contributed by atoms with Gasteiger partial charge in [-0.1, -0.05) is 170 Å². The molecule has 0 amide bonds. The molecule has 0 spiro atoms. The Labute approximate surface area is 323 Å². The van der Waals surface area contributed by atoms with E-state index in [4.69, 9.17) is 28.4 Å². The van der Waals surface area contributed by atoms with E-state index in [0.717, 1.165) is 27.8 Å². The highest BCUT2D eigenvalue weighted by Gasteiger charge is 2.56. The van der Waals surface area contributed by atoms with Crippen molar-refractivity contribution in [2.75, 3.05) is 0 Å². The molecule has 2 unspecified atom stereocenters. The number of ether oxygens (including phenoxy) is 6. The second kappa shape index (κ2) is 19.8. The molecule has 0 N–H and O–H groups in total. The highest BCUT2D eigenvalue weighted by atomic mass is 16.6. The summed E-state index contributed by atoms with van der Waals surface area (Å²) in [4.78, 5) is 14.1. The first-order chi connectivity index (χ1) is 27.2. The minimum Gasteiger partial charge on any atom is -0.453 e. The molecule has 55 heavy (non-hydrogen) atoms. The Morgan fingerprint density at radius 1 is 0.309 bits per heavy atom. The van der Waals surface area contributed by atoms with Gasteiger partial charge in [0, 0.05) is 0 Å². The van der Waals surface area contributed by atoms with Crippen LogP contribution in [0.3, 0.4) is 0 Å². The van der Waals surface area contributed by atoms with Crippen molar-refractivity contribution in [1.29, 1.82) is 0 Å². The van der Waals surface area contributed by atoms with Crippen molar-refractivity contribution < 1.29 is 33.2 Å². The standard InChI is InChI=1S/C48H46O7/c49-48(41-29-17-6-18-30-41)55-47-45(53-34-39-25-13-4-14-26-39)43(51-32-37-21-9-2-10-22-37)42(50-31-36-19-7-1-8-20-36)44(52-33-38-23-11-3-12-24-38)46(47)54-35-40-27-15-5-16-28-40/h1-30,42-47H,31-35H2/t42?,43-,44+,45-,46-,47?/m1/s1. The molecule has 7 nitrogen and oxygen atoms in total. The second-order valence-electron chi connectivity index (χ2n) is 13.5. The van der Waals surface area contributed by atoms with E-state index < -0.39 is 42.6 Å². The monoisotopic (exact) mass is 734 g/mol. The third kappa shape index (κ3) is 10.6. The molecule has 6 aromatic carbocycles. The first kappa shape index (κ1) is 37.9. The van der Waals surface area contributed by atoms with Crippen LogP contribution in [0.2, 0.25) is 0 Å². The normalized spacial score (nSPS) is 20.8. The quantitative estimate of drug-likeness (QED) is 0.0866. The van der Waals surface area contributed by atoms with Crippen LogP contribution in [0.4, 0.5) is 0 Å². The Balaban J connectivity index is 1.32. The fourth-order valence-electron chi connectivity index (χ4n) is 6.80. The average molecular weight is 735 g/mol. The summed E-state index contributed by atoms with van der Waals surface area (Å²) in [5, 5.41) is 0. The molecule has 280 valence electrons. The molecular formula is C48H46O7. The largest absolute Gasteiger partial charge is 0.453 e. The molecule has 6 aromatic rings. The zero-order valence-corrected chi connectivity index (χ0v) is 30.7. The lowest BCUT2D eigenvalue weighted by molar-refractivity contribution is -0.282. The van der Waals surface area contributed by atoms with Gasteiger partial charge in [-0.15, -0.1) is 0 Å². The summed E-state index contributed by atoms with van der Waals surface area (Å²) in [6.07, 6.45) is -4.82. The summed E-state index contributed by atoms with van der Waals surface area (Å²) in [5.74, 6) is -0.500. The fourth-order valence-corrected chi connectivity index (χ4v) is 6.80. The van der Waals surface area contributed by atoms with Crippen LogP contribution in [0.1, 0.15) is 38.2 Å². The first-order valence-corrected chi connectivity index (χ1v) is 18.7. The van der Waals surface area contributed by atoms with Crippen molar-refractivity contribution in [1.82, 2.24) is 0 Å². The van der Waals surface area contributed by atoms with E-state index in [-0.39, 0.29) is 33.0 Å². The number of benzene rings is 6. The van der Waals surface area contributed by atoms with E-state index in [9.17, 15) is 4.79 Å². The van der Waals surface area contributed by atoms with Crippen LogP contribution in [0.25, 0.3) is 0 Å². The lowest BCUT2D eigenvalue weighted by atomic mass is 9.83. The molecule has 7 heteroatoms. The summed E-state index contributed by atoms with van der Waals surface area (Å²) in [6, 6.07) is 58.8. The van der Waals surface area contributed by atoms with Crippen molar-refractivity contribution in [2.45, 2.75) is 69.7 Å². The van der Waals surface area contributed by atoms with Crippen LogP contribution in [0.5, 0.6) is 0 Å². The Morgan fingerprint density at radius 2 is 0.527 bits per heavy atom. The topological polar surface area (TPSA) is 72.5 Å². The minimum absolute atomic E-state index is 0.239. The zero-order valence-electron chi connectivity index (χ0n) is 30.7. The Morgan fingerprint density at radius 3 is 0.782 bits per heavy atom. The predicted molar refractivity (Wildman–Crippen MR) is 211 cm³/mol. The van der Waals surface area contributed by atoms with Gasteiger partial charge < -0.3 is 28.4 Å². The number of hydrogen-bond acceptors (Lipinski definition) is 7. The van der Waals surface area contributed by atoms with Gasteiger partial charge in [0.1, 0.15) is 30.5 Å². The Hall–Kier alpha value is -5.41. The molecule has 1 fully saturated rings. The molecule has 0 aromatic heterocycles. The van der Waals surface area contributed by atoms with Crippen LogP contribution in [-0.2, 0) is 61.5 Å². The highest BCUT2D eigenvalue weighted by molar-refractivity contribution is 5.89. The highest BCUT2D eigenvalue weighted by Crippen LogP contribution is 2.37. The molecule has 7 rings (SSSR count). The average Bonchev–Trinajstić information content (AvgIpc) is 3.25. The van der Waals surface area contributed by atoms with Crippen LogP contribution in [-0.4, -0.2) is 42.6 Å². The van der Waals surface area contributed by atoms with E-state index in [1.807, 2.05) is 170 Å². The van der Waals surface area contributed by atoms with Gasteiger partial charge in [0.25, 0.3) is 0 Å². The molecule has 6 atom stereocenters. The summed E-state index contributed by atoms with van der Waals surface area (Å²) < 4.78 is 41.0. The second-order valence-corrected chi connectivity index (χ2v) is 13.5. The summed E-state index contributed by atoms with van der Waals surface area (Å²) >= 11 is 0. The van der Waals surface area contributed by atoms with E-state index in [1.54, 1.807) is 12.1 Å². The van der Waals surface area contributed by atoms with Crippen molar-refractivity contribution >= 4 is 5.97 Å². The SMILES string of the molecule is O=C(OC1[C@H](OCc2ccccc2)[C@H](OCc2ccccc2)C(OCc2ccccc2)[C@H](OCc2ccccc2)[C@H]1OCc1ccccc1)c1ccccc1. The Kier molecular flexibility index (Phi) is 13.6. The number of carbonyl (C=O) groups is 1. The van der Waals surface area contributed by atoms with Gasteiger partial charge >= 0.3 is 5.97 Å². The van der Waals surface area contributed by atoms with E-state index >= 15 is 0 Å². The maximum absolute atomic E-state index is 14.1. The third-order valence-corrected chi connectivity index (χ3v) is 9.62. The van der Waals surface area contributed by atoms with Crippen molar-refractivity contribution in [3.05, 3.63) is 215 Å².